The zero-order valence-corrected chi connectivity index (χ0v) is 9.93. The van der Waals surface area contributed by atoms with Crippen molar-refractivity contribution in [3.05, 3.63) is 16.6 Å². The van der Waals surface area contributed by atoms with Crippen LogP contribution < -0.4 is 11.1 Å². The molecule has 1 heterocycles. The second-order valence-corrected chi connectivity index (χ2v) is 4.11. The van der Waals surface area contributed by atoms with Crippen LogP contribution in [0.25, 0.3) is 0 Å². The van der Waals surface area contributed by atoms with Crippen LogP contribution >= 0.6 is 11.3 Å². The lowest BCUT2D eigenvalue weighted by Crippen LogP contribution is -2.25. The number of hydrogen-bond acceptors (Lipinski definition) is 5. The Kier molecular flexibility index (Phi) is 6.50. The molecule has 1 aromatic heterocycles. The van der Waals surface area contributed by atoms with E-state index in [1.54, 1.807) is 11.3 Å². The average Bonchev–Trinajstić information content (AvgIpc) is 2.77. The van der Waals surface area contributed by atoms with E-state index in [9.17, 15) is 0 Å². The molecular weight excluding hydrogens is 210 g/mol. The minimum Gasteiger partial charge on any atom is -0.379 e. The quantitative estimate of drug-likeness (QED) is 0.657. The molecule has 15 heavy (non-hydrogen) atoms. The molecule has 0 aromatic carbocycles. The Hall–Kier alpha value is -0.490. The van der Waals surface area contributed by atoms with Gasteiger partial charge in [-0.05, 0) is 6.42 Å². The minimum absolute atomic E-state index is 0.353. The van der Waals surface area contributed by atoms with Gasteiger partial charge in [0.05, 0.1) is 19.3 Å². The van der Waals surface area contributed by atoms with E-state index in [2.05, 4.69) is 17.2 Å². The smallest absolute Gasteiger partial charge is 0.109 e. The fourth-order valence-electron chi connectivity index (χ4n) is 1.30. The van der Waals surface area contributed by atoms with Crippen LogP contribution in [0.15, 0.2) is 11.6 Å². The molecule has 0 radical (unpaired) electrons. The Morgan fingerprint density at radius 1 is 1.60 bits per heavy atom. The van der Waals surface area contributed by atoms with Crippen LogP contribution in [0, 0.1) is 0 Å². The molecule has 1 aromatic rings. The minimum atomic E-state index is 0.353. The first kappa shape index (κ1) is 12.6. The molecule has 1 atom stereocenters. The van der Waals surface area contributed by atoms with Crippen LogP contribution in [0.4, 0.5) is 0 Å². The van der Waals surface area contributed by atoms with Crippen LogP contribution in [-0.4, -0.2) is 31.3 Å². The maximum Gasteiger partial charge on any atom is 0.109 e. The van der Waals surface area contributed by atoms with E-state index in [0.717, 1.165) is 18.0 Å². The summed E-state index contributed by atoms with van der Waals surface area (Å²) >= 11 is 1.69. The van der Waals surface area contributed by atoms with Crippen LogP contribution in [0.3, 0.4) is 0 Å². The standard InChI is InChI=1S/C10H19N3OS/c1-2-9(10-13-5-8-15-10)12-4-7-14-6-3-11/h5,8-9,12H,2-4,6-7,11H2,1H3. The summed E-state index contributed by atoms with van der Waals surface area (Å²) in [6.07, 6.45) is 2.89. The van der Waals surface area contributed by atoms with Gasteiger partial charge >= 0.3 is 0 Å². The maximum atomic E-state index is 5.32. The van der Waals surface area contributed by atoms with E-state index >= 15 is 0 Å². The molecule has 0 aliphatic rings. The van der Waals surface area contributed by atoms with Gasteiger partial charge in [0, 0.05) is 24.7 Å². The normalized spacial score (nSPS) is 12.9. The largest absolute Gasteiger partial charge is 0.379 e. The van der Waals surface area contributed by atoms with Crippen molar-refractivity contribution >= 4 is 11.3 Å². The van der Waals surface area contributed by atoms with Gasteiger partial charge < -0.3 is 15.8 Å². The molecule has 86 valence electrons. The van der Waals surface area contributed by atoms with Crippen molar-refractivity contribution < 1.29 is 4.74 Å². The van der Waals surface area contributed by atoms with Crippen molar-refractivity contribution in [2.24, 2.45) is 5.73 Å². The van der Waals surface area contributed by atoms with Crippen molar-refractivity contribution in [2.75, 3.05) is 26.3 Å². The topological polar surface area (TPSA) is 60.2 Å². The van der Waals surface area contributed by atoms with Crippen molar-refractivity contribution in [3.8, 4) is 0 Å². The molecule has 0 aliphatic carbocycles. The Balaban J connectivity index is 2.18. The summed E-state index contributed by atoms with van der Waals surface area (Å²) in [6.45, 7) is 4.93. The van der Waals surface area contributed by atoms with Gasteiger partial charge in [0.1, 0.15) is 5.01 Å². The Morgan fingerprint density at radius 3 is 3.07 bits per heavy atom. The monoisotopic (exact) mass is 229 g/mol. The number of ether oxygens (including phenoxy) is 1. The highest BCUT2D eigenvalue weighted by Crippen LogP contribution is 2.17. The van der Waals surface area contributed by atoms with Gasteiger partial charge in [0.2, 0.25) is 0 Å². The number of nitrogens with zero attached hydrogens (tertiary/aromatic N) is 1. The van der Waals surface area contributed by atoms with E-state index < -0.39 is 0 Å². The molecule has 0 aliphatic heterocycles. The summed E-state index contributed by atoms with van der Waals surface area (Å²) in [5, 5.41) is 6.57. The highest BCUT2D eigenvalue weighted by molar-refractivity contribution is 7.09. The molecule has 0 saturated carbocycles. The average molecular weight is 229 g/mol. The summed E-state index contributed by atoms with van der Waals surface area (Å²) < 4.78 is 5.29. The van der Waals surface area contributed by atoms with Crippen molar-refractivity contribution in [3.63, 3.8) is 0 Å². The molecule has 3 N–H and O–H groups in total. The lowest BCUT2D eigenvalue weighted by atomic mass is 10.2. The van der Waals surface area contributed by atoms with Crippen LogP contribution in [0.2, 0.25) is 0 Å². The third-order valence-corrected chi connectivity index (χ3v) is 2.95. The van der Waals surface area contributed by atoms with Crippen molar-refractivity contribution in [2.45, 2.75) is 19.4 Å². The Morgan fingerprint density at radius 2 is 2.47 bits per heavy atom. The van der Waals surface area contributed by atoms with E-state index in [0.29, 0.717) is 25.8 Å². The Bertz CT molecular complexity index is 241. The molecular formula is C10H19N3OS. The molecule has 0 spiro atoms. The van der Waals surface area contributed by atoms with Crippen molar-refractivity contribution in [1.82, 2.24) is 10.3 Å². The van der Waals surface area contributed by atoms with Gasteiger partial charge in [0.25, 0.3) is 0 Å². The number of aromatic nitrogens is 1. The third-order valence-electron chi connectivity index (χ3n) is 2.06. The summed E-state index contributed by atoms with van der Waals surface area (Å²) in [5.74, 6) is 0. The second-order valence-electron chi connectivity index (χ2n) is 3.19. The van der Waals surface area contributed by atoms with Gasteiger partial charge in [0.15, 0.2) is 0 Å². The fourth-order valence-corrected chi connectivity index (χ4v) is 2.10. The first-order valence-corrected chi connectivity index (χ1v) is 6.17. The first-order chi connectivity index (χ1) is 7.38. The van der Waals surface area contributed by atoms with E-state index in [1.165, 1.54) is 0 Å². The predicted molar refractivity (Wildman–Crippen MR) is 63.0 cm³/mol. The number of rotatable bonds is 8. The number of nitrogens with one attached hydrogen (secondary N) is 1. The number of nitrogens with two attached hydrogens (primary N) is 1. The van der Waals surface area contributed by atoms with Gasteiger partial charge in [-0.15, -0.1) is 11.3 Å². The van der Waals surface area contributed by atoms with Gasteiger partial charge in [-0.2, -0.15) is 0 Å². The van der Waals surface area contributed by atoms with E-state index in [1.807, 2.05) is 11.6 Å². The summed E-state index contributed by atoms with van der Waals surface area (Å²) in [7, 11) is 0. The summed E-state index contributed by atoms with van der Waals surface area (Å²) in [4.78, 5) is 4.30. The van der Waals surface area contributed by atoms with Crippen LogP contribution in [-0.2, 0) is 4.74 Å². The van der Waals surface area contributed by atoms with Crippen LogP contribution in [0.5, 0.6) is 0 Å². The fraction of sp³-hybridized carbons (Fsp3) is 0.700. The van der Waals surface area contributed by atoms with Gasteiger partial charge in [-0.1, -0.05) is 6.92 Å². The highest BCUT2D eigenvalue weighted by atomic mass is 32.1. The van der Waals surface area contributed by atoms with E-state index in [-0.39, 0.29) is 0 Å². The van der Waals surface area contributed by atoms with Crippen LogP contribution in [0.1, 0.15) is 24.4 Å². The first-order valence-electron chi connectivity index (χ1n) is 5.29. The molecule has 0 bridgehead atoms. The van der Waals surface area contributed by atoms with Gasteiger partial charge in [-0.25, -0.2) is 4.98 Å². The Labute approximate surface area is 94.8 Å². The van der Waals surface area contributed by atoms with E-state index in [4.69, 9.17) is 10.5 Å². The predicted octanol–water partition coefficient (Wildman–Crippen LogP) is 1.16. The molecule has 1 unspecified atom stereocenters. The molecule has 0 saturated heterocycles. The molecule has 0 fully saturated rings. The molecule has 4 nitrogen and oxygen atoms in total. The third kappa shape index (κ3) is 4.70. The summed E-state index contributed by atoms with van der Waals surface area (Å²) in [5.41, 5.74) is 5.32. The highest BCUT2D eigenvalue weighted by Gasteiger charge is 2.09. The maximum absolute atomic E-state index is 5.32. The number of hydrogen-bond donors (Lipinski definition) is 2. The zero-order chi connectivity index (χ0) is 10.9. The summed E-state index contributed by atoms with van der Waals surface area (Å²) in [6, 6.07) is 0.353. The molecule has 1 rings (SSSR count). The SMILES string of the molecule is CCC(NCCOCCN)c1nccs1. The molecule has 5 heteroatoms. The lowest BCUT2D eigenvalue weighted by Gasteiger charge is -2.14. The second kappa shape index (κ2) is 7.76. The van der Waals surface area contributed by atoms with Gasteiger partial charge in [-0.3, -0.25) is 0 Å². The zero-order valence-electron chi connectivity index (χ0n) is 9.11. The molecule has 0 amide bonds. The number of thiazole rings is 1. The van der Waals surface area contributed by atoms with Crippen molar-refractivity contribution in [1.29, 1.82) is 0 Å². The lowest BCUT2D eigenvalue weighted by molar-refractivity contribution is 0.140.